The zero-order valence-electron chi connectivity index (χ0n) is 7.47. The molecule has 1 aromatic carbocycles. The van der Waals surface area contributed by atoms with Gasteiger partial charge in [0, 0.05) is 4.47 Å². The number of Topliss-reactive ketones (excluding diaryl/α,β-unsaturated/α-hetero) is 1. The Balaban J connectivity index is 3.27. The summed E-state index contributed by atoms with van der Waals surface area (Å²) < 4.78 is 13.9. The average Bonchev–Trinajstić information content (AvgIpc) is 2.13. The van der Waals surface area contributed by atoms with Crippen molar-refractivity contribution in [2.24, 2.45) is 0 Å². The summed E-state index contributed by atoms with van der Waals surface area (Å²) in [5.74, 6) is -1.06. The van der Waals surface area contributed by atoms with E-state index in [1.165, 1.54) is 0 Å². The number of aryl methyl sites for hydroxylation is 1. The molecule has 0 fully saturated rings. The number of benzene rings is 1. The van der Waals surface area contributed by atoms with Gasteiger partial charge in [-0.2, -0.15) is 5.26 Å². The Morgan fingerprint density at radius 1 is 1.64 bits per heavy atom. The van der Waals surface area contributed by atoms with Crippen LogP contribution >= 0.6 is 15.9 Å². The van der Waals surface area contributed by atoms with Crippen LogP contribution in [0.2, 0.25) is 0 Å². The Labute approximate surface area is 89.5 Å². The Hall–Kier alpha value is -1.21. The molecule has 2 nitrogen and oxygen atoms in total. The van der Waals surface area contributed by atoms with Gasteiger partial charge in [-0.3, -0.25) is 4.79 Å². The summed E-state index contributed by atoms with van der Waals surface area (Å²) in [5.41, 5.74) is 0.362. The van der Waals surface area contributed by atoms with Gasteiger partial charge in [0.25, 0.3) is 0 Å². The summed E-state index contributed by atoms with van der Waals surface area (Å²) in [6, 6.07) is 4.88. The topological polar surface area (TPSA) is 40.9 Å². The van der Waals surface area contributed by atoms with Crippen molar-refractivity contribution in [1.29, 1.82) is 5.26 Å². The molecule has 0 aromatic heterocycles. The molecule has 0 saturated carbocycles. The number of ketones is 1. The third-order valence-electron chi connectivity index (χ3n) is 1.80. The minimum absolute atomic E-state index is 0.0356. The first-order chi connectivity index (χ1) is 6.57. The van der Waals surface area contributed by atoms with Gasteiger partial charge in [0.1, 0.15) is 5.82 Å². The molecule has 0 radical (unpaired) electrons. The molecule has 0 atom stereocenters. The van der Waals surface area contributed by atoms with Crippen LogP contribution < -0.4 is 0 Å². The zero-order valence-corrected chi connectivity index (χ0v) is 9.06. The minimum atomic E-state index is -0.556. The van der Waals surface area contributed by atoms with Crippen LogP contribution in [0.4, 0.5) is 4.39 Å². The van der Waals surface area contributed by atoms with E-state index in [0.717, 1.165) is 0 Å². The van der Waals surface area contributed by atoms with E-state index in [0.29, 0.717) is 10.0 Å². The summed E-state index contributed by atoms with van der Waals surface area (Å²) in [7, 11) is 0. The van der Waals surface area contributed by atoms with Gasteiger partial charge in [-0.15, -0.1) is 0 Å². The molecular formula is C10H7BrFNO. The lowest BCUT2D eigenvalue weighted by atomic mass is 10.1. The first-order valence-corrected chi connectivity index (χ1v) is 4.72. The van der Waals surface area contributed by atoms with Crippen LogP contribution in [0.5, 0.6) is 0 Å². The third kappa shape index (κ3) is 1.99. The fourth-order valence-electron chi connectivity index (χ4n) is 1.07. The van der Waals surface area contributed by atoms with E-state index >= 15 is 0 Å². The molecule has 0 bridgehead atoms. The van der Waals surface area contributed by atoms with Crippen LogP contribution in [0.1, 0.15) is 22.3 Å². The van der Waals surface area contributed by atoms with Gasteiger partial charge in [0.05, 0.1) is 18.1 Å². The van der Waals surface area contributed by atoms with E-state index in [2.05, 4.69) is 15.9 Å². The fourth-order valence-corrected chi connectivity index (χ4v) is 1.60. The number of rotatable bonds is 2. The molecule has 0 aliphatic rings. The second-order valence-electron chi connectivity index (χ2n) is 2.81. The van der Waals surface area contributed by atoms with E-state index < -0.39 is 11.6 Å². The third-order valence-corrected chi connectivity index (χ3v) is 2.46. The second kappa shape index (κ2) is 4.34. The summed E-state index contributed by atoms with van der Waals surface area (Å²) in [6.45, 7) is 1.57. The molecular weight excluding hydrogens is 249 g/mol. The van der Waals surface area contributed by atoms with Crippen molar-refractivity contribution in [2.75, 3.05) is 0 Å². The van der Waals surface area contributed by atoms with Crippen molar-refractivity contribution < 1.29 is 9.18 Å². The number of hydrogen-bond donors (Lipinski definition) is 0. The van der Waals surface area contributed by atoms with Gasteiger partial charge in [0.15, 0.2) is 5.78 Å². The fraction of sp³-hybridized carbons (Fsp3) is 0.200. The van der Waals surface area contributed by atoms with Crippen LogP contribution in [-0.4, -0.2) is 5.78 Å². The van der Waals surface area contributed by atoms with Crippen LogP contribution in [-0.2, 0) is 0 Å². The van der Waals surface area contributed by atoms with E-state index in [4.69, 9.17) is 5.26 Å². The van der Waals surface area contributed by atoms with Crippen molar-refractivity contribution in [1.82, 2.24) is 0 Å². The highest BCUT2D eigenvalue weighted by atomic mass is 79.9. The zero-order chi connectivity index (χ0) is 10.7. The van der Waals surface area contributed by atoms with Crippen molar-refractivity contribution in [2.45, 2.75) is 13.3 Å². The lowest BCUT2D eigenvalue weighted by molar-refractivity contribution is 0.0993. The first kappa shape index (κ1) is 10.9. The lowest BCUT2D eigenvalue weighted by Gasteiger charge is -2.04. The maximum atomic E-state index is 13.5. The van der Waals surface area contributed by atoms with Crippen molar-refractivity contribution >= 4 is 21.7 Å². The van der Waals surface area contributed by atoms with Crippen LogP contribution in [0, 0.1) is 24.1 Å². The maximum Gasteiger partial charge on any atom is 0.180 e. The summed E-state index contributed by atoms with van der Waals surface area (Å²) in [5, 5.41) is 8.34. The van der Waals surface area contributed by atoms with Gasteiger partial charge in [-0.1, -0.05) is 6.07 Å². The van der Waals surface area contributed by atoms with E-state index in [-0.39, 0.29) is 12.0 Å². The lowest BCUT2D eigenvalue weighted by Crippen LogP contribution is -2.04. The molecule has 0 amide bonds. The largest absolute Gasteiger partial charge is 0.293 e. The number of carbonyl (C=O) groups excluding carboxylic acids is 1. The van der Waals surface area contributed by atoms with E-state index in [1.807, 2.05) is 0 Å². The smallest absolute Gasteiger partial charge is 0.180 e. The molecule has 1 rings (SSSR count). The van der Waals surface area contributed by atoms with Crippen molar-refractivity contribution in [3.63, 3.8) is 0 Å². The molecule has 0 spiro atoms. The molecule has 0 saturated heterocycles. The predicted octanol–water partition coefficient (Wildman–Crippen LogP) is 2.99. The maximum absolute atomic E-state index is 13.5. The standard InChI is InChI=1S/C10H7BrFNO/c1-6-2-3-7(11)9(10(6)12)8(14)4-5-13/h2-3H,4H2,1H3. The highest BCUT2D eigenvalue weighted by molar-refractivity contribution is 9.10. The molecule has 0 N–H and O–H groups in total. The summed E-state index contributed by atoms with van der Waals surface area (Å²) in [4.78, 5) is 11.3. The van der Waals surface area contributed by atoms with Crippen LogP contribution in [0.15, 0.2) is 16.6 Å². The first-order valence-electron chi connectivity index (χ1n) is 3.92. The molecule has 72 valence electrons. The Kier molecular flexibility index (Phi) is 3.37. The number of halogens is 2. The predicted molar refractivity (Wildman–Crippen MR) is 53.4 cm³/mol. The van der Waals surface area contributed by atoms with E-state index in [9.17, 15) is 9.18 Å². The summed E-state index contributed by atoms with van der Waals surface area (Å²) >= 11 is 3.08. The molecule has 0 aliphatic carbocycles. The van der Waals surface area contributed by atoms with Gasteiger partial charge in [-0.25, -0.2) is 4.39 Å². The van der Waals surface area contributed by atoms with Gasteiger partial charge < -0.3 is 0 Å². The highest BCUT2D eigenvalue weighted by Gasteiger charge is 2.16. The van der Waals surface area contributed by atoms with Crippen LogP contribution in [0.3, 0.4) is 0 Å². The number of hydrogen-bond acceptors (Lipinski definition) is 2. The second-order valence-corrected chi connectivity index (χ2v) is 3.67. The highest BCUT2D eigenvalue weighted by Crippen LogP contribution is 2.23. The minimum Gasteiger partial charge on any atom is -0.293 e. The Morgan fingerprint density at radius 3 is 2.86 bits per heavy atom. The Bertz CT molecular complexity index is 423. The molecule has 1 aromatic rings. The number of carbonyl (C=O) groups is 1. The van der Waals surface area contributed by atoms with Gasteiger partial charge >= 0.3 is 0 Å². The van der Waals surface area contributed by atoms with Crippen molar-refractivity contribution in [3.8, 4) is 6.07 Å². The van der Waals surface area contributed by atoms with E-state index in [1.54, 1.807) is 25.1 Å². The van der Waals surface area contributed by atoms with Crippen LogP contribution in [0.25, 0.3) is 0 Å². The monoisotopic (exact) mass is 255 g/mol. The molecule has 0 unspecified atom stereocenters. The molecule has 4 heteroatoms. The molecule has 14 heavy (non-hydrogen) atoms. The van der Waals surface area contributed by atoms with Gasteiger partial charge in [-0.05, 0) is 34.5 Å². The Morgan fingerprint density at radius 2 is 2.29 bits per heavy atom. The van der Waals surface area contributed by atoms with Crippen molar-refractivity contribution in [3.05, 3.63) is 33.5 Å². The average molecular weight is 256 g/mol. The van der Waals surface area contributed by atoms with Gasteiger partial charge in [0.2, 0.25) is 0 Å². The summed E-state index contributed by atoms with van der Waals surface area (Å²) in [6.07, 6.45) is -0.307. The number of nitriles is 1. The quantitative estimate of drug-likeness (QED) is 0.763. The number of nitrogens with zero attached hydrogens (tertiary/aromatic N) is 1. The molecule has 0 aliphatic heterocycles. The SMILES string of the molecule is Cc1ccc(Br)c(C(=O)CC#N)c1F. The molecule has 0 heterocycles. The normalized spacial score (nSPS) is 9.57.